The van der Waals surface area contributed by atoms with Crippen molar-refractivity contribution < 1.29 is 13.2 Å². The van der Waals surface area contributed by atoms with Crippen molar-refractivity contribution in [3.63, 3.8) is 0 Å². The summed E-state index contributed by atoms with van der Waals surface area (Å²) in [4.78, 5) is 8.15. The Bertz CT molecular complexity index is 858. The SMILES string of the molecule is Cc1ccn2cc(CNc3ncc(C(F)(F)F)cc3Cl)nc2c1. The minimum absolute atomic E-state index is 0.0839. The van der Waals surface area contributed by atoms with Crippen LogP contribution in [0, 0.1) is 6.92 Å². The largest absolute Gasteiger partial charge is 0.417 e. The molecule has 0 aliphatic carbocycles. The quantitative estimate of drug-likeness (QED) is 0.772. The monoisotopic (exact) mass is 340 g/mol. The fraction of sp³-hybridized carbons (Fsp3) is 0.200. The number of fused-ring (bicyclic) bond motifs is 1. The van der Waals surface area contributed by atoms with Crippen LogP contribution in [0.25, 0.3) is 5.65 Å². The van der Waals surface area contributed by atoms with Crippen LogP contribution in [0.3, 0.4) is 0 Å². The van der Waals surface area contributed by atoms with Gasteiger partial charge in [0.2, 0.25) is 0 Å². The van der Waals surface area contributed by atoms with Crippen LogP contribution in [0.1, 0.15) is 16.8 Å². The molecule has 0 saturated carbocycles. The highest BCUT2D eigenvalue weighted by Crippen LogP contribution is 2.32. The van der Waals surface area contributed by atoms with E-state index in [9.17, 15) is 13.2 Å². The molecule has 0 aliphatic rings. The lowest BCUT2D eigenvalue weighted by Crippen LogP contribution is -2.08. The third-order valence-corrected chi connectivity index (χ3v) is 3.56. The zero-order valence-electron chi connectivity index (χ0n) is 12.0. The second-order valence-corrected chi connectivity index (χ2v) is 5.51. The molecule has 120 valence electrons. The summed E-state index contributed by atoms with van der Waals surface area (Å²) in [6, 6.07) is 4.75. The summed E-state index contributed by atoms with van der Waals surface area (Å²) in [5.74, 6) is 0.188. The predicted octanol–water partition coefficient (Wildman–Crippen LogP) is 4.32. The molecule has 3 aromatic rings. The molecule has 0 saturated heterocycles. The fourth-order valence-electron chi connectivity index (χ4n) is 2.12. The third-order valence-electron chi connectivity index (χ3n) is 3.27. The van der Waals surface area contributed by atoms with Gasteiger partial charge in [-0.1, -0.05) is 11.6 Å². The van der Waals surface area contributed by atoms with Crippen LogP contribution in [0.5, 0.6) is 0 Å². The number of imidazole rings is 1. The number of anilines is 1. The van der Waals surface area contributed by atoms with Gasteiger partial charge in [-0.2, -0.15) is 13.2 Å². The number of nitrogens with zero attached hydrogens (tertiary/aromatic N) is 3. The van der Waals surface area contributed by atoms with Gasteiger partial charge in [0.1, 0.15) is 11.5 Å². The van der Waals surface area contributed by atoms with Crippen LogP contribution in [-0.2, 0) is 12.7 Å². The molecule has 0 aromatic carbocycles. The number of aromatic nitrogens is 3. The number of hydrogen-bond acceptors (Lipinski definition) is 3. The predicted molar refractivity (Wildman–Crippen MR) is 81.5 cm³/mol. The van der Waals surface area contributed by atoms with E-state index >= 15 is 0 Å². The second-order valence-electron chi connectivity index (χ2n) is 5.11. The van der Waals surface area contributed by atoms with Gasteiger partial charge in [-0.3, -0.25) is 0 Å². The number of alkyl halides is 3. The highest BCUT2D eigenvalue weighted by atomic mass is 35.5. The van der Waals surface area contributed by atoms with Gasteiger partial charge in [0, 0.05) is 18.6 Å². The Morgan fingerprint density at radius 2 is 2.09 bits per heavy atom. The number of halogens is 4. The Kier molecular flexibility index (Phi) is 3.89. The molecule has 4 nitrogen and oxygen atoms in total. The van der Waals surface area contributed by atoms with Gasteiger partial charge in [0.05, 0.1) is 22.8 Å². The topological polar surface area (TPSA) is 42.2 Å². The van der Waals surface area contributed by atoms with Gasteiger partial charge in [-0.25, -0.2) is 9.97 Å². The molecular weight excluding hydrogens is 329 g/mol. The zero-order valence-corrected chi connectivity index (χ0v) is 12.8. The smallest absolute Gasteiger partial charge is 0.363 e. The highest BCUT2D eigenvalue weighted by Gasteiger charge is 2.31. The van der Waals surface area contributed by atoms with Crippen LogP contribution in [0.15, 0.2) is 36.8 Å². The first-order valence-corrected chi connectivity index (χ1v) is 7.11. The average molecular weight is 341 g/mol. The molecule has 0 amide bonds. The minimum Gasteiger partial charge on any atom is -0.363 e. The number of hydrogen-bond donors (Lipinski definition) is 1. The van der Waals surface area contributed by atoms with E-state index in [0.717, 1.165) is 29.2 Å². The Balaban J connectivity index is 1.77. The summed E-state index contributed by atoms with van der Waals surface area (Å²) in [7, 11) is 0. The fourth-order valence-corrected chi connectivity index (χ4v) is 2.35. The van der Waals surface area contributed by atoms with Crippen molar-refractivity contribution >= 4 is 23.1 Å². The second kappa shape index (κ2) is 5.73. The summed E-state index contributed by atoms with van der Waals surface area (Å²) < 4.78 is 39.6. The van der Waals surface area contributed by atoms with E-state index in [0.29, 0.717) is 6.54 Å². The van der Waals surface area contributed by atoms with Crippen LogP contribution in [0.2, 0.25) is 5.02 Å². The zero-order chi connectivity index (χ0) is 16.6. The van der Waals surface area contributed by atoms with E-state index in [1.54, 1.807) is 0 Å². The molecule has 0 atom stereocenters. The van der Waals surface area contributed by atoms with Crippen LogP contribution in [-0.4, -0.2) is 14.4 Å². The molecule has 3 heterocycles. The molecular formula is C15H12ClF3N4. The Labute approximate surface area is 134 Å². The van der Waals surface area contributed by atoms with Crippen molar-refractivity contribution in [2.24, 2.45) is 0 Å². The lowest BCUT2D eigenvalue weighted by Gasteiger charge is -2.09. The van der Waals surface area contributed by atoms with Crippen LogP contribution < -0.4 is 5.32 Å². The lowest BCUT2D eigenvalue weighted by atomic mass is 10.3. The molecule has 8 heteroatoms. The van der Waals surface area contributed by atoms with Crippen molar-refractivity contribution in [1.82, 2.24) is 14.4 Å². The van der Waals surface area contributed by atoms with Gasteiger partial charge >= 0.3 is 6.18 Å². The molecule has 0 fully saturated rings. The Morgan fingerprint density at radius 3 is 2.78 bits per heavy atom. The normalized spacial score (nSPS) is 11.9. The summed E-state index contributed by atoms with van der Waals surface area (Å²) in [6.07, 6.45) is 0.0140. The van der Waals surface area contributed by atoms with Gasteiger partial charge in [-0.15, -0.1) is 0 Å². The lowest BCUT2D eigenvalue weighted by molar-refractivity contribution is -0.137. The van der Waals surface area contributed by atoms with E-state index in [1.807, 2.05) is 35.9 Å². The summed E-state index contributed by atoms with van der Waals surface area (Å²) in [6.45, 7) is 2.28. The van der Waals surface area contributed by atoms with Gasteiger partial charge < -0.3 is 9.72 Å². The molecule has 3 aromatic heterocycles. The van der Waals surface area contributed by atoms with Gasteiger partial charge in [0.15, 0.2) is 0 Å². The number of rotatable bonds is 3. The van der Waals surface area contributed by atoms with E-state index in [1.165, 1.54) is 0 Å². The summed E-state index contributed by atoms with van der Waals surface area (Å²) >= 11 is 5.85. The molecule has 0 aliphatic heterocycles. The first-order valence-electron chi connectivity index (χ1n) is 6.74. The first-order chi connectivity index (χ1) is 10.8. The van der Waals surface area contributed by atoms with Crippen LogP contribution >= 0.6 is 11.6 Å². The average Bonchev–Trinajstić information content (AvgIpc) is 2.86. The summed E-state index contributed by atoms with van der Waals surface area (Å²) in [5, 5.41) is 2.81. The maximum atomic E-state index is 12.6. The summed E-state index contributed by atoms with van der Waals surface area (Å²) in [5.41, 5.74) is 1.74. The Hall–Kier alpha value is -2.28. The number of nitrogens with one attached hydrogen (secondary N) is 1. The van der Waals surface area contributed by atoms with E-state index in [-0.39, 0.29) is 10.8 Å². The molecule has 3 rings (SSSR count). The number of pyridine rings is 2. The molecule has 0 unspecified atom stereocenters. The molecule has 23 heavy (non-hydrogen) atoms. The maximum Gasteiger partial charge on any atom is 0.417 e. The van der Waals surface area contributed by atoms with Crippen LogP contribution in [0.4, 0.5) is 19.0 Å². The maximum absolute atomic E-state index is 12.6. The first kappa shape index (κ1) is 15.6. The standard InChI is InChI=1S/C15H12ClF3N4/c1-9-2-3-23-8-11(22-13(23)4-9)7-21-14-12(16)5-10(6-20-14)15(17,18)19/h2-6,8H,7H2,1H3,(H,20,21). The van der Waals surface area contributed by atoms with Crippen molar-refractivity contribution in [3.8, 4) is 0 Å². The van der Waals surface area contributed by atoms with E-state index in [2.05, 4.69) is 15.3 Å². The van der Waals surface area contributed by atoms with Crippen molar-refractivity contribution in [2.75, 3.05) is 5.32 Å². The molecule has 1 N–H and O–H groups in total. The van der Waals surface area contributed by atoms with E-state index in [4.69, 9.17) is 11.6 Å². The highest BCUT2D eigenvalue weighted by molar-refractivity contribution is 6.32. The minimum atomic E-state index is -4.46. The molecule has 0 bridgehead atoms. The van der Waals surface area contributed by atoms with Crippen molar-refractivity contribution in [1.29, 1.82) is 0 Å². The van der Waals surface area contributed by atoms with Crippen molar-refractivity contribution in [3.05, 3.63) is 58.6 Å². The number of aryl methyl sites for hydroxylation is 1. The van der Waals surface area contributed by atoms with Gasteiger partial charge in [0.25, 0.3) is 0 Å². The third kappa shape index (κ3) is 3.39. The van der Waals surface area contributed by atoms with E-state index < -0.39 is 11.7 Å². The molecule has 0 radical (unpaired) electrons. The van der Waals surface area contributed by atoms with Crippen molar-refractivity contribution in [2.45, 2.75) is 19.6 Å². The Morgan fingerprint density at radius 1 is 1.30 bits per heavy atom. The van der Waals surface area contributed by atoms with Gasteiger partial charge in [-0.05, 0) is 30.7 Å². The molecule has 0 spiro atoms.